The van der Waals surface area contributed by atoms with Gasteiger partial charge in [-0.3, -0.25) is 4.90 Å². The van der Waals surface area contributed by atoms with Gasteiger partial charge in [-0.1, -0.05) is 59.6 Å². The van der Waals surface area contributed by atoms with Crippen molar-refractivity contribution in [3.63, 3.8) is 0 Å². The van der Waals surface area contributed by atoms with Crippen molar-refractivity contribution in [3.8, 4) is 0 Å². The Balaban J connectivity index is 2.79. The van der Waals surface area contributed by atoms with E-state index in [1.54, 1.807) is 6.92 Å². The molecule has 1 aromatic rings. The van der Waals surface area contributed by atoms with E-state index in [0.29, 0.717) is 19.6 Å². The van der Waals surface area contributed by atoms with Crippen molar-refractivity contribution in [2.75, 3.05) is 18.5 Å². The van der Waals surface area contributed by atoms with Gasteiger partial charge in [-0.05, 0) is 25.3 Å². The molecule has 24 heavy (non-hydrogen) atoms. The number of ether oxygens (including phenoxy) is 2. The van der Waals surface area contributed by atoms with Gasteiger partial charge in [0.05, 0.1) is 6.61 Å². The Hall–Kier alpha value is -1.56. The quantitative estimate of drug-likeness (QED) is 0.438. The van der Waals surface area contributed by atoms with Crippen LogP contribution >= 0.6 is 15.9 Å². The Morgan fingerprint density at radius 2 is 1.88 bits per heavy atom. The summed E-state index contributed by atoms with van der Waals surface area (Å²) in [5.74, 6) is -0.370. The van der Waals surface area contributed by atoms with Crippen LogP contribution in [0.15, 0.2) is 30.3 Å². The number of carbonyl (C=O) groups is 2. The number of amides is 1. The molecule has 6 heteroatoms. The van der Waals surface area contributed by atoms with Gasteiger partial charge in [0.25, 0.3) is 0 Å². The summed E-state index contributed by atoms with van der Waals surface area (Å²) >= 11 is 3.36. The number of rotatable bonds is 10. The maximum absolute atomic E-state index is 12.5. The summed E-state index contributed by atoms with van der Waals surface area (Å²) in [5.41, 5.74) is 0.912. The number of esters is 1. The van der Waals surface area contributed by atoms with Crippen molar-refractivity contribution in [3.05, 3.63) is 35.9 Å². The van der Waals surface area contributed by atoms with Crippen molar-refractivity contribution in [2.45, 2.75) is 45.8 Å². The zero-order chi connectivity index (χ0) is 17.8. The third-order valence-electron chi connectivity index (χ3n) is 3.47. The molecule has 0 aliphatic rings. The zero-order valence-electron chi connectivity index (χ0n) is 14.4. The highest BCUT2D eigenvalue weighted by molar-refractivity contribution is 9.09. The number of hydrogen-bond acceptors (Lipinski definition) is 4. The number of carbonyl (C=O) groups excluding carboxylic acids is 2. The van der Waals surface area contributed by atoms with Gasteiger partial charge in [-0.2, -0.15) is 0 Å². The molecular formula is C18H26BrNO4. The summed E-state index contributed by atoms with van der Waals surface area (Å²) in [6.45, 7) is 4.67. The Labute approximate surface area is 152 Å². The van der Waals surface area contributed by atoms with Crippen molar-refractivity contribution >= 4 is 28.0 Å². The fraction of sp³-hybridized carbons (Fsp3) is 0.556. The van der Waals surface area contributed by atoms with Gasteiger partial charge in [-0.25, -0.2) is 9.59 Å². The molecule has 0 radical (unpaired) electrons. The first-order chi connectivity index (χ1) is 11.6. The van der Waals surface area contributed by atoms with Crippen LogP contribution in [0.25, 0.3) is 0 Å². The van der Waals surface area contributed by atoms with E-state index in [9.17, 15) is 9.59 Å². The Bertz CT molecular complexity index is 495. The van der Waals surface area contributed by atoms with Crippen LogP contribution in [0, 0.1) is 0 Å². The van der Waals surface area contributed by atoms with Gasteiger partial charge in [0.15, 0.2) is 0 Å². The maximum Gasteiger partial charge on any atom is 0.410 e. The molecular weight excluding hydrogens is 374 g/mol. The van der Waals surface area contributed by atoms with E-state index in [4.69, 9.17) is 9.47 Å². The maximum atomic E-state index is 12.5. The molecule has 0 saturated heterocycles. The summed E-state index contributed by atoms with van der Waals surface area (Å²) in [6.07, 6.45) is 1.59. The molecule has 0 aromatic heterocycles. The molecule has 0 heterocycles. The first-order valence-electron chi connectivity index (χ1n) is 8.33. The normalized spacial score (nSPS) is 11.6. The highest BCUT2D eigenvalue weighted by Gasteiger charge is 2.31. The van der Waals surface area contributed by atoms with Gasteiger partial charge in [0.2, 0.25) is 0 Å². The van der Waals surface area contributed by atoms with E-state index >= 15 is 0 Å². The number of alkyl halides is 1. The second kappa shape index (κ2) is 11.9. The van der Waals surface area contributed by atoms with Gasteiger partial charge in [0, 0.05) is 11.9 Å². The number of benzene rings is 1. The number of nitrogens with zero attached hydrogens (tertiary/aromatic N) is 1. The summed E-state index contributed by atoms with van der Waals surface area (Å²) in [7, 11) is 0. The minimum atomic E-state index is -0.600. The topological polar surface area (TPSA) is 55.8 Å². The lowest BCUT2D eigenvalue weighted by Gasteiger charge is -2.29. The molecule has 134 valence electrons. The molecule has 0 N–H and O–H groups in total. The Morgan fingerprint density at radius 1 is 1.17 bits per heavy atom. The standard InChI is InChI=1S/C18H26BrNO4/c1-3-9-16(17(21)23-4-2)20(13-8-12-19)18(22)24-14-15-10-6-5-7-11-15/h5-7,10-11,16H,3-4,8-9,12-14H2,1-2H3/t16-/m0/s1. The number of halogens is 1. The predicted molar refractivity (Wildman–Crippen MR) is 97.1 cm³/mol. The van der Waals surface area contributed by atoms with Crippen LogP contribution in [0.4, 0.5) is 4.79 Å². The smallest absolute Gasteiger partial charge is 0.410 e. The van der Waals surface area contributed by atoms with Crippen LogP contribution < -0.4 is 0 Å². The van der Waals surface area contributed by atoms with Gasteiger partial charge in [0.1, 0.15) is 12.6 Å². The Kier molecular flexibility index (Phi) is 10.2. The zero-order valence-corrected chi connectivity index (χ0v) is 16.0. The minimum Gasteiger partial charge on any atom is -0.464 e. The molecule has 0 unspecified atom stereocenters. The molecule has 1 atom stereocenters. The lowest BCUT2D eigenvalue weighted by atomic mass is 10.1. The van der Waals surface area contributed by atoms with Crippen LogP contribution in [0.1, 0.15) is 38.7 Å². The minimum absolute atomic E-state index is 0.187. The summed E-state index contributed by atoms with van der Waals surface area (Å²) in [6, 6.07) is 8.88. The number of hydrogen-bond donors (Lipinski definition) is 0. The lowest BCUT2D eigenvalue weighted by Crippen LogP contribution is -2.46. The van der Waals surface area contributed by atoms with Crippen molar-refractivity contribution in [1.82, 2.24) is 4.90 Å². The van der Waals surface area contributed by atoms with E-state index in [1.165, 1.54) is 4.90 Å². The van der Waals surface area contributed by atoms with E-state index in [2.05, 4.69) is 15.9 Å². The molecule has 1 rings (SSSR count). The average molecular weight is 400 g/mol. The molecule has 0 bridgehead atoms. The molecule has 1 aromatic carbocycles. The van der Waals surface area contributed by atoms with Crippen LogP contribution in [-0.2, 0) is 20.9 Å². The second-order valence-electron chi connectivity index (χ2n) is 5.33. The molecule has 0 aliphatic carbocycles. The van der Waals surface area contributed by atoms with E-state index in [-0.39, 0.29) is 12.6 Å². The molecule has 0 spiro atoms. The van der Waals surface area contributed by atoms with Gasteiger partial charge < -0.3 is 9.47 Å². The highest BCUT2D eigenvalue weighted by atomic mass is 79.9. The first kappa shape index (κ1) is 20.5. The van der Waals surface area contributed by atoms with Crippen molar-refractivity contribution in [2.24, 2.45) is 0 Å². The second-order valence-corrected chi connectivity index (χ2v) is 6.13. The Morgan fingerprint density at radius 3 is 2.46 bits per heavy atom. The first-order valence-corrected chi connectivity index (χ1v) is 9.46. The van der Waals surface area contributed by atoms with E-state index < -0.39 is 12.1 Å². The third-order valence-corrected chi connectivity index (χ3v) is 4.03. The molecule has 0 fully saturated rings. The SMILES string of the molecule is CCC[C@@H](C(=O)OCC)N(CCCBr)C(=O)OCc1ccccc1. The highest BCUT2D eigenvalue weighted by Crippen LogP contribution is 2.14. The average Bonchev–Trinajstić information content (AvgIpc) is 2.60. The summed E-state index contributed by atoms with van der Waals surface area (Å²) in [4.78, 5) is 26.3. The van der Waals surface area contributed by atoms with Crippen LogP contribution in [0.2, 0.25) is 0 Å². The van der Waals surface area contributed by atoms with Crippen LogP contribution in [0.3, 0.4) is 0 Å². The van der Waals surface area contributed by atoms with Crippen molar-refractivity contribution < 1.29 is 19.1 Å². The van der Waals surface area contributed by atoms with Gasteiger partial charge in [-0.15, -0.1) is 0 Å². The lowest BCUT2D eigenvalue weighted by molar-refractivity contribution is -0.149. The summed E-state index contributed by atoms with van der Waals surface area (Å²) in [5, 5.41) is 0.747. The molecule has 5 nitrogen and oxygen atoms in total. The monoisotopic (exact) mass is 399 g/mol. The fourth-order valence-corrected chi connectivity index (χ4v) is 2.57. The molecule has 1 amide bonds. The van der Waals surface area contributed by atoms with E-state index in [1.807, 2.05) is 37.3 Å². The summed E-state index contributed by atoms with van der Waals surface area (Å²) < 4.78 is 10.5. The third kappa shape index (κ3) is 6.91. The van der Waals surface area contributed by atoms with E-state index in [0.717, 1.165) is 23.7 Å². The largest absolute Gasteiger partial charge is 0.464 e. The van der Waals surface area contributed by atoms with Gasteiger partial charge >= 0.3 is 12.1 Å². The fourth-order valence-electron chi connectivity index (χ4n) is 2.32. The predicted octanol–water partition coefficient (Wildman–Crippen LogP) is 4.14. The molecule has 0 saturated carbocycles. The van der Waals surface area contributed by atoms with Crippen molar-refractivity contribution in [1.29, 1.82) is 0 Å². The molecule has 0 aliphatic heterocycles. The van der Waals surface area contributed by atoms with Crippen LogP contribution in [-0.4, -0.2) is 41.5 Å². The van der Waals surface area contributed by atoms with Crippen LogP contribution in [0.5, 0.6) is 0 Å².